The summed E-state index contributed by atoms with van der Waals surface area (Å²) >= 11 is 6.20. The fourth-order valence-electron chi connectivity index (χ4n) is 3.93. The number of benzene rings is 2. The molecule has 0 spiro atoms. The number of aliphatic hydroxyl groups excluding tert-OH is 1. The number of para-hydroxylation sites is 1. The second-order valence-electron chi connectivity index (χ2n) is 7.51. The van der Waals surface area contributed by atoms with Gasteiger partial charge in [-0.1, -0.05) is 23.7 Å². The molecule has 2 atom stereocenters. The predicted molar refractivity (Wildman–Crippen MR) is 115 cm³/mol. The lowest BCUT2D eigenvalue weighted by atomic mass is 10.0. The zero-order valence-electron chi connectivity index (χ0n) is 16.5. The number of rotatable bonds is 4. The van der Waals surface area contributed by atoms with E-state index in [1.54, 1.807) is 23.0 Å². The summed E-state index contributed by atoms with van der Waals surface area (Å²) in [6, 6.07) is 12.4. The van der Waals surface area contributed by atoms with E-state index in [0.29, 0.717) is 36.0 Å². The Kier molecular flexibility index (Phi) is 5.17. The zero-order chi connectivity index (χ0) is 21.4. The molecule has 0 radical (unpaired) electrons. The van der Waals surface area contributed by atoms with Crippen LogP contribution in [0.15, 0.2) is 48.7 Å². The molecule has 2 amide bonds. The first-order valence-electron chi connectivity index (χ1n) is 10.1. The molecule has 0 saturated heterocycles. The fourth-order valence-corrected chi connectivity index (χ4v) is 4.17. The number of nitrogens with one attached hydrogen (secondary N) is 2. The summed E-state index contributed by atoms with van der Waals surface area (Å²) in [5, 5.41) is 20.0. The molecule has 1 aromatic heterocycles. The van der Waals surface area contributed by atoms with Crippen molar-refractivity contribution >= 4 is 23.4 Å². The van der Waals surface area contributed by atoms with Crippen molar-refractivity contribution in [1.82, 2.24) is 15.1 Å². The van der Waals surface area contributed by atoms with E-state index in [2.05, 4.69) is 15.7 Å². The zero-order valence-corrected chi connectivity index (χ0v) is 17.3. The van der Waals surface area contributed by atoms with Crippen LogP contribution in [0.3, 0.4) is 0 Å². The van der Waals surface area contributed by atoms with E-state index < -0.39 is 0 Å². The van der Waals surface area contributed by atoms with Gasteiger partial charge in [-0.3, -0.25) is 5.32 Å². The second-order valence-corrected chi connectivity index (χ2v) is 7.92. The average molecular weight is 441 g/mol. The molecule has 0 bridgehead atoms. The number of hydrogen-bond donors (Lipinski definition) is 3. The van der Waals surface area contributed by atoms with Crippen molar-refractivity contribution in [1.29, 1.82) is 0 Å². The molecule has 0 fully saturated rings. The van der Waals surface area contributed by atoms with E-state index in [9.17, 15) is 9.90 Å². The van der Waals surface area contributed by atoms with Crippen molar-refractivity contribution in [2.45, 2.75) is 25.0 Å². The van der Waals surface area contributed by atoms with Gasteiger partial charge in [0.25, 0.3) is 0 Å². The minimum atomic E-state index is -0.351. The van der Waals surface area contributed by atoms with Crippen molar-refractivity contribution in [3.8, 4) is 17.2 Å². The van der Waals surface area contributed by atoms with Crippen LogP contribution in [0.4, 0.5) is 10.6 Å². The highest BCUT2D eigenvalue weighted by atomic mass is 35.5. The van der Waals surface area contributed by atoms with Crippen LogP contribution in [0.25, 0.3) is 5.69 Å². The molecule has 3 heterocycles. The third-order valence-corrected chi connectivity index (χ3v) is 5.71. The molecular weight excluding hydrogens is 420 g/mol. The fraction of sp³-hybridized carbons (Fsp3) is 0.273. The summed E-state index contributed by atoms with van der Waals surface area (Å²) in [5.74, 6) is 1.83. The van der Waals surface area contributed by atoms with Gasteiger partial charge in [0, 0.05) is 36.2 Å². The minimum absolute atomic E-state index is 0.0151. The van der Waals surface area contributed by atoms with Gasteiger partial charge in [0.1, 0.15) is 17.6 Å². The van der Waals surface area contributed by atoms with Crippen LogP contribution >= 0.6 is 11.6 Å². The summed E-state index contributed by atoms with van der Waals surface area (Å²) in [4.78, 5) is 12.6. The van der Waals surface area contributed by atoms with Gasteiger partial charge < -0.3 is 19.9 Å². The van der Waals surface area contributed by atoms with Gasteiger partial charge >= 0.3 is 6.03 Å². The van der Waals surface area contributed by atoms with Gasteiger partial charge in [0.2, 0.25) is 0 Å². The van der Waals surface area contributed by atoms with Crippen molar-refractivity contribution in [2.24, 2.45) is 0 Å². The number of aromatic nitrogens is 2. The minimum Gasteiger partial charge on any atom is -0.492 e. The normalized spacial score (nSPS) is 19.0. The van der Waals surface area contributed by atoms with Crippen LogP contribution in [-0.2, 0) is 6.42 Å². The molecule has 2 aliphatic rings. The van der Waals surface area contributed by atoms with Gasteiger partial charge in [-0.2, -0.15) is 0 Å². The first kappa shape index (κ1) is 19.7. The van der Waals surface area contributed by atoms with Crippen LogP contribution in [0.1, 0.15) is 23.6 Å². The maximum absolute atomic E-state index is 12.6. The number of amides is 2. The first-order chi connectivity index (χ1) is 15.1. The van der Waals surface area contributed by atoms with E-state index >= 15 is 0 Å². The highest BCUT2D eigenvalue weighted by molar-refractivity contribution is 6.32. The van der Waals surface area contributed by atoms with Gasteiger partial charge in [0.15, 0.2) is 5.82 Å². The summed E-state index contributed by atoms with van der Waals surface area (Å²) in [6.45, 7) is 0.467. The molecule has 1 unspecified atom stereocenters. The Morgan fingerprint density at radius 3 is 3.06 bits per heavy atom. The molecule has 2 aromatic carbocycles. The van der Waals surface area contributed by atoms with Gasteiger partial charge in [-0.05, 0) is 24.3 Å². The van der Waals surface area contributed by atoms with Crippen molar-refractivity contribution in [2.75, 3.05) is 18.5 Å². The van der Waals surface area contributed by atoms with E-state index in [1.165, 1.54) is 0 Å². The average Bonchev–Trinajstić information content (AvgIpc) is 3.40. The summed E-state index contributed by atoms with van der Waals surface area (Å²) in [5.41, 5.74) is 2.74. The lowest BCUT2D eigenvalue weighted by Crippen LogP contribution is -2.35. The second kappa shape index (κ2) is 8.13. The van der Waals surface area contributed by atoms with Crippen LogP contribution < -0.4 is 20.1 Å². The number of aliphatic hydroxyl groups is 1. The molecule has 160 valence electrons. The maximum atomic E-state index is 12.6. The van der Waals surface area contributed by atoms with Crippen LogP contribution in [-0.4, -0.2) is 40.2 Å². The Hall–Kier alpha value is -3.23. The number of anilines is 1. The monoisotopic (exact) mass is 440 g/mol. The summed E-state index contributed by atoms with van der Waals surface area (Å²) in [7, 11) is 0. The molecular formula is C22H21ClN4O4. The number of hydrogen-bond acceptors (Lipinski definition) is 5. The molecule has 3 aromatic rings. The lowest BCUT2D eigenvalue weighted by molar-refractivity contribution is 0.134. The smallest absolute Gasteiger partial charge is 0.320 e. The Morgan fingerprint density at radius 2 is 2.19 bits per heavy atom. The van der Waals surface area contributed by atoms with Crippen LogP contribution in [0, 0.1) is 0 Å². The molecule has 5 rings (SSSR count). The maximum Gasteiger partial charge on any atom is 0.320 e. The van der Waals surface area contributed by atoms with Crippen molar-refractivity contribution < 1.29 is 19.4 Å². The molecule has 3 N–H and O–H groups in total. The number of halogens is 1. The van der Waals surface area contributed by atoms with E-state index in [1.807, 2.05) is 30.3 Å². The summed E-state index contributed by atoms with van der Waals surface area (Å²) in [6.07, 6.45) is 2.89. The van der Waals surface area contributed by atoms with Gasteiger partial charge in [-0.25, -0.2) is 9.48 Å². The molecule has 8 nitrogen and oxygen atoms in total. The number of fused-ring (bicyclic) bond motifs is 2. The first-order valence-corrected chi connectivity index (χ1v) is 10.4. The number of carbonyl (C=O) groups is 1. The topological polar surface area (TPSA) is 97.6 Å². The quantitative estimate of drug-likeness (QED) is 0.577. The van der Waals surface area contributed by atoms with Crippen LogP contribution in [0.5, 0.6) is 11.5 Å². The number of nitrogens with zero attached hydrogens (tertiary/aromatic N) is 2. The Balaban J connectivity index is 1.26. The Labute approximate surface area is 183 Å². The van der Waals surface area contributed by atoms with Gasteiger partial charge in [-0.15, -0.1) is 5.10 Å². The number of carbonyl (C=O) groups excluding carboxylic acids is 1. The molecule has 0 aliphatic carbocycles. The van der Waals surface area contributed by atoms with E-state index in [0.717, 1.165) is 22.6 Å². The molecule has 31 heavy (non-hydrogen) atoms. The Bertz CT molecular complexity index is 1130. The number of urea groups is 1. The lowest BCUT2D eigenvalue weighted by Gasteiger charge is -2.27. The van der Waals surface area contributed by atoms with Crippen LogP contribution in [0.2, 0.25) is 5.02 Å². The Morgan fingerprint density at radius 1 is 1.29 bits per heavy atom. The third kappa shape index (κ3) is 3.92. The SMILES string of the molecule is O=C(Nc1ccn(-c2ccc3c(c2)CC(CO)O3)n1)N[C@H]1CCOc2c(Cl)cccc21. The van der Waals surface area contributed by atoms with Crippen molar-refractivity contribution in [3.05, 3.63) is 64.8 Å². The third-order valence-electron chi connectivity index (χ3n) is 5.42. The molecule has 0 saturated carbocycles. The highest BCUT2D eigenvalue weighted by Gasteiger charge is 2.25. The largest absolute Gasteiger partial charge is 0.492 e. The summed E-state index contributed by atoms with van der Waals surface area (Å²) < 4.78 is 13.0. The number of ether oxygens (including phenoxy) is 2. The highest BCUT2D eigenvalue weighted by Crippen LogP contribution is 2.37. The van der Waals surface area contributed by atoms with Crippen molar-refractivity contribution in [3.63, 3.8) is 0 Å². The van der Waals surface area contributed by atoms with E-state index in [4.69, 9.17) is 21.1 Å². The molecule has 9 heteroatoms. The standard InChI is InChI=1S/C22H21ClN4O4/c23-17-3-1-2-16-18(7-9-30-21(16)17)24-22(29)25-20-6-8-27(26-20)14-4-5-19-13(10-14)11-15(12-28)31-19/h1-6,8,10,15,18,28H,7,9,11-12H2,(H2,24,25,26,29)/t15?,18-/m0/s1. The molecule has 2 aliphatic heterocycles. The predicted octanol–water partition coefficient (Wildman–Crippen LogP) is 3.47. The van der Waals surface area contributed by atoms with Gasteiger partial charge in [0.05, 0.1) is 30.0 Å². The van der Waals surface area contributed by atoms with E-state index in [-0.39, 0.29) is 24.8 Å².